The van der Waals surface area contributed by atoms with Crippen LogP contribution in [-0.2, 0) is 13.0 Å². The van der Waals surface area contributed by atoms with Crippen molar-refractivity contribution in [3.63, 3.8) is 0 Å². The maximum absolute atomic E-state index is 4.55. The van der Waals surface area contributed by atoms with Crippen LogP contribution in [0.15, 0.2) is 17.6 Å². The molecule has 0 radical (unpaired) electrons. The molecule has 2 aromatic rings. The van der Waals surface area contributed by atoms with Gasteiger partial charge in [-0.15, -0.1) is 45.5 Å². The van der Waals surface area contributed by atoms with Crippen molar-refractivity contribution in [3.8, 4) is 0 Å². The van der Waals surface area contributed by atoms with E-state index in [-0.39, 0.29) is 24.0 Å². The van der Waals surface area contributed by atoms with Crippen molar-refractivity contribution < 1.29 is 0 Å². The van der Waals surface area contributed by atoms with Crippen LogP contribution in [0.3, 0.4) is 0 Å². The highest BCUT2D eigenvalue weighted by Gasteiger charge is 2.04. The summed E-state index contributed by atoms with van der Waals surface area (Å²) in [5.41, 5.74) is 1.14. The minimum Gasteiger partial charge on any atom is -0.356 e. The zero-order chi connectivity index (χ0) is 16.5. The Hall–Kier alpha value is -1.23. The zero-order valence-corrected chi connectivity index (χ0v) is 17.6. The lowest BCUT2D eigenvalue weighted by atomic mass is 10.3. The second kappa shape index (κ2) is 11.3. The molecule has 0 amide bonds. The fraction of sp³-hybridized carbons (Fsp3) is 0.600. The third-order valence-electron chi connectivity index (χ3n) is 3.53. The Morgan fingerprint density at radius 1 is 1.17 bits per heavy atom. The number of nitrogens with zero attached hydrogens (tertiary/aromatic N) is 5. The summed E-state index contributed by atoms with van der Waals surface area (Å²) >= 11 is 1.77. The molecule has 2 N–H and O–H groups in total. The SMILES string of the molecule is CN=C(NCCCCn1cnnc1)NCCc1nc(C)c(C)s1.I. The van der Waals surface area contributed by atoms with Gasteiger partial charge in [0.15, 0.2) is 5.96 Å². The Kier molecular flexibility index (Phi) is 9.84. The van der Waals surface area contributed by atoms with Gasteiger partial charge in [0.1, 0.15) is 12.7 Å². The molecule has 0 fully saturated rings. The third kappa shape index (κ3) is 7.12. The Balaban J connectivity index is 0.00000288. The standard InChI is InChI=1S/C15H25N7S.HI/c1-12-13(2)23-14(21-12)6-8-18-15(16-3)17-7-4-5-9-22-10-19-20-11-22;/h10-11H,4-9H2,1-3H3,(H2,16,17,18);1H. The van der Waals surface area contributed by atoms with Gasteiger partial charge >= 0.3 is 0 Å². The molecule has 0 saturated carbocycles. The molecule has 0 aliphatic rings. The van der Waals surface area contributed by atoms with Gasteiger partial charge in [-0.2, -0.15) is 0 Å². The molecule has 9 heteroatoms. The number of aliphatic imine (C=N–C) groups is 1. The lowest BCUT2D eigenvalue weighted by Gasteiger charge is -2.11. The first-order valence-electron chi connectivity index (χ1n) is 7.89. The molecule has 2 aromatic heterocycles. The average molecular weight is 463 g/mol. The molecule has 0 aliphatic carbocycles. The maximum Gasteiger partial charge on any atom is 0.190 e. The molecule has 0 aliphatic heterocycles. The van der Waals surface area contributed by atoms with Gasteiger partial charge in [-0.25, -0.2) is 4.98 Å². The Morgan fingerprint density at radius 3 is 2.50 bits per heavy atom. The van der Waals surface area contributed by atoms with Crippen LogP contribution in [0.4, 0.5) is 0 Å². The van der Waals surface area contributed by atoms with Gasteiger partial charge in [-0.3, -0.25) is 4.99 Å². The van der Waals surface area contributed by atoms with Crippen molar-refractivity contribution in [3.05, 3.63) is 28.2 Å². The summed E-state index contributed by atoms with van der Waals surface area (Å²) in [5, 5.41) is 15.4. The van der Waals surface area contributed by atoms with Gasteiger partial charge in [0, 0.05) is 38.0 Å². The fourth-order valence-corrected chi connectivity index (χ4v) is 3.05. The number of aryl methyl sites for hydroxylation is 3. The van der Waals surface area contributed by atoms with E-state index in [0.717, 1.165) is 50.6 Å². The van der Waals surface area contributed by atoms with E-state index in [9.17, 15) is 0 Å². The highest BCUT2D eigenvalue weighted by Crippen LogP contribution is 2.16. The predicted molar refractivity (Wildman–Crippen MR) is 109 cm³/mol. The molecule has 24 heavy (non-hydrogen) atoms. The molecule has 0 aromatic carbocycles. The van der Waals surface area contributed by atoms with Crippen LogP contribution in [0.1, 0.15) is 28.4 Å². The van der Waals surface area contributed by atoms with E-state index in [2.05, 4.69) is 44.7 Å². The van der Waals surface area contributed by atoms with E-state index in [1.807, 2.05) is 4.57 Å². The van der Waals surface area contributed by atoms with Crippen LogP contribution >= 0.6 is 35.3 Å². The molecular formula is C15H26IN7S. The Bertz CT molecular complexity index is 590. The number of thiazole rings is 1. The van der Waals surface area contributed by atoms with E-state index in [4.69, 9.17) is 0 Å². The summed E-state index contributed by atoms with van der Waals surface area (Å²) < 4.78 is 1.99. The minimum atomic E-state index is 0. The van der Waals surface area contributed by atoms with Crippen molar-refractivity contribution in [1.82, 2.24) is 30.4 Å². The van der Waals surface area contributed by atoms with Crippen molar-refractivity contribution >= 4 is 41.3 Å². The fourth-order valence-electron chi connectivity index (χ4n) is 2.12. The number of hydrogen-bond donors (Lipinski definition) is 2. The summed E-state index contributed by atoms with van der Waals surface area (Å²) in [5.74, 6) is 0.847. The lowest BCUT2D eigenvalue weighted by molar-refractivity contribution is 0.597. The number of guanidine groups is 1. The van der Waals surface area contributed by atoms with Crippen LogP contribution in [0.25, 0.3) is 0 Å². The van der Waals surface area contributed by atoms with E-state index in [1.54, 1.807) is 31.0 Å². The first-order chi connectivity index (χ1) is 11.2. The molecule has 0 atom stereocenters. The third-order valence-corrected chi connectivity index (χ3v) is 4.66. The molecular weight excluding hydrogens is 437 g/mol. The molecule has 0 bridgehead atoms. The van der Waals surface area contributed by atoms with Gasteiger partial charge < -0.3 is 15.2 Å². The van der Waals surface area contributed by atoms with Crippen LogP contribution in [0.5, 0.6) is 0 Å². The summed E-state index contributed by atoms with van der Waals surface area (Å²) in [6.45, 7) is 6.86. The first kappa shape index (κ1) is 20.8. The zero-order valence-electron chi connectivity index (χ0n) is 14.4. The van der Waals surface area contributed by atoms with E-state index in [1.165, 1.54) is 9.88 Å². The molecule has 7 nitrogen and oxygen atoms in total. The lowest BCUT2D eigenvalue weighted by Crippen LogP contribution is -2.38. The molecule has 0 saturated heterocycles. The predicted octanol–water partition coefficient (Wildman–Crippen LogP) is 2.16. The first-order valence-corrected chi connectivity index (χ1v) is 8.70. The van der Waals surface area contributed by atoms with Gasteiger partial charge in [0.05, 0.1) is 10.7 Å². The Morgan fingerprint density at radius 2 is 1.88 bits per heavy atom. The molecule has 2 heterocycles. The topological polar surface area (TPSA) is 80.0 Å². The summed E-state index contributed by atoms with van der Waals surface area (Å²) in [6.07, 6.45) is 6.57. The van der Waals surface area contributed by atoms with Crippen molar-refractivity contribution in [1.29, 1.82) is 0 Å². The van der Waals surface area contributed by atoms with E-state index < -0.39 is 0 Å². The number of rotatable bonds is 8. The van der Waals surface area contributed by atoms with Crippen molar-refractivity contribution in [2.45, 2.75) is 39.7 Å². The minimum absolute atomic E-state index is 0. The van der Waals surface area contributed by atoms with E-state index >= 15 is 0 Å². The van der Waals surface area contributed by atoms with Gasteiger partial charge in [-0.1, -0.05) is 0 Å². The highest BCUT2D eigenvalue weighted by molar-refractivity contribution is 14.0. The van der Waals surface area contributed by atoms with Crippen LogP contribution < -0.4 is 10.6 Å². The highest BCUT2D eigenvalue weighted by atomic mass is 127. The normalized spacial score (nSPS) is 11.2. The van der Waals surface area contributed by atoms with Gasteiger partial charge in [0.25, 0.3) is 0 Å². The van der Waals surface area contributed by atoms with Crippen LogP contribution in [0, 0.1) is 13.8 Å². The molecule has 0 spiro atoms. The summed E-state index contributed by atoms with van der Waals surface area (Å²) in [7, 11) is 1.80. The maximum atomic E-state index is 4.55. The largest absolute Gasteiger partial charge is 0.356 e. The molecule has 2 rings (SSSR count). The number of aromatic nitrogens is 4. The van der Waals surface area contributed by atoms with Crippen molar-refractivity contribution in [2.24, 2.45) is 4.99 Å². The molecule has 0 unspecified atom stereocenters. The molecule has 134 valence electrons. The summed E-state index contributed by atoms with van der Waals surface area (Å²) in [4.78, 5) is 10.1. The number of halogens is 1. The smallest absolute Gasteiger partial charge is 0.190 e. The van der Waals surface area contributed by atoms with Gasteiger partial charge in [0.2, 0.25) is 0 Å². The second-order valence-corrected chi connectivity index (χ2v) is 6.62. The van der Waals surface area contributed by atoms with Crippen LogP contribution in [0.2, 0.25) is 0 Å². The Labute approximate surface area is 164 Å². The number of unbranched alkanes of at least 4 members (excludes halogenated alkanes) is 1. The average Bonchev–Trinajstić information content (AvgIpc) is 3.16. The van der Waals surface area contributed by atoms with Crippen LogP contribution in [-0.4, -0.2) is 45.8 Å². The quantitative estimate of drug-likeness (QED) is 0.272. The van der Waals surface area contributed by atoms with Crippen molar-refractivity contribution in [2.75, 3.05) is 20.1 Å². The number of hydrogen-bond acceptors (Lipinski definition) is 5. The van der Waals surface area contributed by atoms with E-state index in [0.29, 0.717) is 0 Å². The monoisotopic (exact) mass is 463 g/mol. The summed E-state index contributed by atoms with van der Waals surface area (Å²) in [6, 6.07) is 0. The second-order valence-electron chi connectivity index (χ2n) is 5.33. The van der Waals surface area contributed by atoms with Gasteiger partial charge in [-0.05, 0) is 26.7 Å². The number of nitrogens with one attached hydrogen (secondary N) is 2.